The van der Waals surface area contributed by atoms with E-state index in [1.54, 1.807) is 12.1 Å². The van der Waals surface area contributed by atoms with Gasteiger partial charge in [0, 0.05) is 42.2 Å². The molecular formula is C42H41N5O5. The molecular weight excluding hydrogens is 654 g/mol. The molecule has 6 rings (SSSR count). The van der Waals surface area contributed by atoms with E-state index in [4.69, 9.17) is 24.3 Å². The average molecular weight is 696 g/mol. The minimum atomic E-state index is -1.49. The molecule has 0 aromatic heterocycles. The first-order chi connectivity index (χ1) is 25.5. The highest BCUT2D eigenvalue weighted by Crippen LogP contribution is 2.44. The first kappa shape index (κ1) is 35.7. The molecule has 1 aliphatic heterocycles. The fourth-order valence-electron chi connectivity index (χ4n) is 6.33. The molecule has 0 saturated heterocycles. The maximum atomic E-state index is 14.8. The van der Waals surface area contributed by atoms with Crippen molar-refractivity contribution in [3.05, 3.63) is 160 Å². The monoisotopic (exact) mass is 695 g/mol. The number of amides is 1. The van der Waals surface area contributed by atoms with Crippen molar-refractivity contribution in [1.82, 2.24) is 5.32 Å². The van der Waals surface area contributed by atoms with Gasteiger partial charge < -0.3 is 24.6 Å². The number of rotatable bonds is 16. The molecule has 0 saturated carbocycles. The Labute approximate surface area is 303 Å². The van der Waals surface area contributed by atoms with Crippen molar-refractivity contribution in [1.29, 1.82) is 0 Å². The number of aliphatic hydroxyl groups excluding tert-OH is 1. The number of hydrogen-bond donors (Lipinski definition) is 2. The minimum Gasteiger partial charge on any atom is -0.494 e. The Balaban J connectivity index is 1.41. The fourth-order valence-corrected chi connectivity index (χ4v) is 6.33. The van der Waals surface area contributed by atoms with Crippen LogP contribution in [0.5, 0.6) is 11.5 Å². The normalized spacial score (nSPS) is 16.3. The minimum absolute atomic E-state index is 0.0441. The Morgan fingerprint density at radius 1 is 0.865 bits per heavy atom. The second-order valence-electron chi connectivity index (χ2n) is 12.3. The van der Waals surface area contributed by atoms with Gasteiger partial charge in [0.25, 0.3) is 5.91 Å². The molecule has 5 aromatic carbocycles. The molecule has 1 amide bonds. The Morgan fingerprint density at radius 2 is 1.54 bits per heavy atom. The van der Waals surface area contributed by atoms with Gasteiger partial charge in [-0.1, -0.05) is 102 Å². The first-order valence-electron chi connectivity index (χ1n) is 17.4. The van der Waals surface area contributed by atoms with Gasteiger partial charge in [0.1, 0.15) is 11.5 Å². The van der Waals surface area contributed by atoms with Crippen LogP contribution in [0.4, 0.5) is 5.69 Å². The summed E-state index contributed by atoms with van der Waals surface area (Å²) in [5.41, 5.74) is 13.5. The maximum absolute atomic E-state index is 14.8. The molecule has 0 bridgehead atoms. The van der Waals surface area contributed by atoms with Crippen LogP contribution in [0.3, 0.4) is 0 Å². The number of nitrogens with zero attached hydrogens (tertiary/aromatic N) is 4. The van der Waals surface area contributed by atoms with Gasteiger partial charge in [0.2, 0.25) is 5.90 Å². The molecule has 52 heavy (non-hydrogen) atoms. The van der Waals surface area contributed by atoms with Crippen LogP contribution in [0.25, 0.3) is 21.6 Å². The molecule has 2 atom stereocenters. The van der Waals surface area contributed by atoms with E-state index in [0.717, 1.165) is 28.0 Å². The van der Waals surface area contributed by atoms with Crippen LogP contribution in [0.1, 0.15) is 41.7 Å². The number of aliphatic hydroxyl groups is 1. The molecule has 264 valence electrons. The van der Waals surface area contributed by atoms with E-state index in [1.165, 1.54) is 0 Å². The second-order valence-corrected chi connectivity index (χ2v) is 12.3. The van der Waals surface area contributed by atoms with Gasteiger partial charge in [-0.3, -0.25) is 4.79 Å². The molecule has 2 N–H and O–H groups in total. The standard InChI is InChI=1S/C42H41N5O5/c1-2-50-38-16-9-7-13-32(38)25-26-44-41(49)42(29-35-14-6-8-15-37(35)46-47-43)39(33-19-17-31(18-20-33)30-11-4-3-5-12-30)52-40(45-42)34-21-23-36(24-22-34)51-28-10-27-48/h3-9,11-24,39,48H,2,10,25-29H2,1H3,(H,44,49)/t39-,42-/m1/s1. The molecule has 0 spiro atoms. The second kappa shape index (κ2) is 17.2. The van der Waals surface area contributed by atoms with Crippen molar-refractivity contribution in [3.63, 3.8) is 0 Å². The van der Waals surface area contributed by atoms with E-state index in [0.29, 0.717) is 61.1 Å². The summed E-state index contributed by atoms with van der Waals surface area (Å²) >= 11 is 0. The van der Waals surface area contributed by atoms with E-state index >= 15 is 0 Å². The van der Waals surface area contributed by atoms with Gasteiger partial charge in [-0.25, -0.2) is 4.99 Å². The number of para-hydroxylation sites is 1. The van der Waals surface area contributed by atoms with Crippen molar-refractivity contribution in [2.24, 2.45) is 10.1 Å². The van der Waals surface area contributed by atoms with Gasteiger partial charge in [0.05, 0.1) is 13.2 Å². The molecule has 0 unspecified atom stereocenters. The largest absolute Gasteiger partial charge is 0.494 e. The zero-order valence-corrected chi connectivity index (χ0v) is 29.0. The van der Waals surface area contributed by atoms with Gasteiger partial charge in [-0.2, -0.15) is 0 Å². The van der Waals surface area contributed by atoms with Gasteiger partial charge >= 0.3 is 0 Å². The number of azide groups is 1. The van der Waals surface area contributed by atoms with Gasteiger partial charge in [-0.15, -0.1) is 0 Å². The van der Waals surface area contributed by atoms with Crippen LogP contribution in [-0.2, 0) is 22.4 Å². The number of ether oxygens (including phenoxy) is 3. The highest BCUT2D eigenvalue weighted by atomic mass is 16.5. The Kier molecular flexibility index (Phi) is 11.8. The lowest BCUT2D eigenvalue weighted by molar-refractivity contribution is -0.128. The van der Waals surface area contributed by atoms with Crippen molar-refractivity contribution in [2.45, 2.75) is 37.8 Å². The molecule has 5 aromatic rings. The molecule has 0 aliphatic carbocycles. The highest BCUT2D eigenvalue weighted by molar-refractivity contribution is 6.01. The van der Waals surface area contributed by atoms with Crippen LogP contribution < -0.4 is 14.8 Å². The van der Waals surface area contributed by atoms with Crippen LogP contribution in [0.2, 0.25) is 0 Å². The number of hydrogen-bond acceptors (Lipinski definition) is 7. The average Bonchev–Trinajstić information content (AvgIpc) is 3.57. The van der Waals surface area contributed by atoms with Gasteiger partial charge in [0.15, 0.2) is 11.6 Å². The number of carbonyl (C=O) groups is 1. The lowest BCUT2D eigenvalue weighted by atomic mass is 9.81. The summed E-state index contributed by atoms with van der Waals surface area (Å²) < 4.78 is 18.3. The Bertz CT molecular complexity index is 2030. The van der Waals surface area contributed by atoms with E-state index < -0.39 is 11.6 Å². The summed E-state index contributed by atoms with van der Waals surface area (Å²) in [7, 11) is 0. The molecule has 10 nitrogen and oxygen atoms in total. The highest BCUT2D eigenvalue weighted by Gasteiger charge is 2.53. The quantitative estimate of drug-likeness (QED) is 0.0463. The summed E-state index contributed by atoms with van der Waals surface area (Å²) in [6.07, 6.45) is 0.330. The maximum Gasteiger partial charge on any atom is 0.252 e. The number of carbonyl (C=O) groups excluding carboxylic acids is 1. The van der Waals surface area contributed by atoms with Crippen molar-refractivity contribution in [3.8, 4) is 22.6 Å². The lowest BCUT2D eigenvalue weighted by Gasteiger charge is -2.31. The number of nitrogens with one attached hydrogen (secondary N) is 1. The van der Waals surface area contributed by atoms with Crippen LogP contribution >= 0.6 is 0 Å². The van der Waals surface area contributed by atoms with E-state index in [9.17, 15) is 10.3 Å². The van der Waals surface area contributed by atoms with Crippen molar-refractivity contribution >= 4 is 17.5 Å². The third-order valence-electron chi connectivity index (χ3n) is 8.91. The topological polar surface area (TPSA) is 138 Å². The third-order valence-corrected chi connectivity index (χ3v) is 8.91. The van der Waals surface area contributed by atoms with E-state index in [2.05, 4.69) is 15.3 Å². The molecule has 0 radical (unpaired) electrons. The lowest BCUT2D eigenvalue weighted by Crippen LogP contribution is -2.50. The van der Waals surface area contributed by atoms with Gasteiger partial charge in [-0.05, 0) is 77.0 Å². The number of benzene rings is 5. The summed E-state index contributed by atoms with van der Waals surface area (Å²) in [5.74, 6) is 1.40. The van der Waals surface area contributed by atoms with Crippen molar-refractivity contribution in [2.75, 3.05) is 26.4 Å². The van der Waals surface area contributed by atoms with Crippen LogP contribution in [0, 0.1) is 0 Å². The summed E-state index contributed by atoms with van der Waals surface area (Å²) in [4.78, 5) is 23.0. The van der Waals surface area contributed by atoms with Crippen LogP contribution in [0.15, 0.2) is 138 Å². The summed E-state index contributed by atoms with van der Waals surface area (Å²) in [6, 6.07) is 40.4. The Hall–Kier alpha value is -6.09. The SMILES string of the molecule is CCOc1ccccc1CCNC(=O)[C@]1(Cc2ccccc2N=[N+]=[N-])N=C(c2ccc(OCCCO)cc2)O[C@@H]1c1ccc(-c2ccccc2)cc1. The fraction of sp³-hybridized carbons (Fsp3) is 0.238. The molecule has 10 heteroatoms. The predicted molar refractivity (Wildman–Crippen MR) is 202 cm³/mol. The van der Waals surface area contributed by atoms with E-state index in [-0.39, 0.29) is 18.9 Å². The number of aliphatic imine (C=N–C) groups is 1. The van der Waals surface area contributed by atoms with Crippen molar-refractivity contribution < 1.29 is 24.1 Å². The molecule has 1 heterocycles. The molecule has 1 aliphatic rings. The smallest absolute Gasteiger partial charge is 0.252 e. The summed E-state index contributed by atoms with van der Waals surface area (Å²) in [6.45, 7) is 3.23. The third kappa shape index (κ3) is 8.26. The molecule has 0 fully saturated rings. The predicted octanol–water partition coefficient (Wildman–Crippen LogP) is 8.31. The first-order valence-corrected chi connectivity index (χ1v) is 17.4. The zero-order chi connectivity index (χ0) is 36.2. The Morgan fingerprint density at radius 3 is 2.27 bits per heavy atom. The van der Waals surface area contributed by atoms with Crippen LogP contribution in [-0.4, -0.2) is 48.8 Å². The van der Waals surface area contributed by atoms with E-state index in [1.807, 2.05) is 122 Å². The zero-order valence-electron chi connectivity index (χ0n) is 29.0. The summed E-state index contributed by atoms with van der Waals surface area (Å²) in [5, 5.41) is 16.3.